The first-order valence-electron chi connectivity index (χ1n) is 15.1. The van der Waals surface area contributed by atoms with Crippen LogP contribution >= 0.6 is 0 Å². The number of hydrogen-bond acceptors (Lipinski definition) is 2. The minimum absolute atomic E-state index is 0.726. The standard InChI is InChI=1S/C34H49NO2/c1-2-3-11-15-29-19-26-33(35-27-29)32-24-22-31(23-25-32)30-20-17-28(18-21-30)14-12-9-7-5-4-6-8-10-13-16-34(36)37/h13,16,19,22-28,30H,2-12,14-15,17-18,20-21H2,1H3,(H,36,37)/b16-13+/t28-,30-. The summed E-state index contributed by atoms with van der Waals surface area (Å²) in [5.74, 6) is 0.816. The molecule has 3 rings (SSSR count). The third kappa shape index (κ3) is 11.2. The molecule has 2 aromatic rings. The van der Waals surface area contributed by atoms with Crippen molar-refractivity contribution in [2.45, 2.75) is 122 Å². The highest BCUT2D eigenvalue weighted by Gasteiger charge is 2.22. The summed E-state index contributed by atoms with van der Waals surface area (Å²) in [4.78, 5) is 15.2. The lowest BCUT2D eigenvalue weighted by molar-refractivity contribution is -0.131. The van der Waals surface area contributed by atoms with Crippen LogP contribution in [0.1, 0.15) is 127 Å². The first-order chi connectivity index (χ1) is 18.2. The molecular formula is C34H49NO2. The molecule has 202 valence electrons. The molecule has 3 nitrogen and oxygen atoms in total. The normalized spacial score (nSPS) is 17.9. The quantitative estimate of drug-likeness (QED) is 0.173. The van der Waals surface area contributed by atoms with Gasteiger partial charge in [0.15, 0.2) is 0 Å². The lowest BCUT2D eigenvalue weighted by Gasteiger charge is -2.29. The molecule has 3 heteroatoms. The SMILES string of the molecule is CCCCCc1ccc(-c2ccc([C@H]3CC[C@H](CCCCCCCCC/C=C/C(=O)O)CC3)cc2)nc1. The number of carboxylic acid groups (broad SMARTS) is 1. The molecule has 0 bridgehead atoms. The molecule has 0 spiro atoms. The minimum atomic E-state index is -0.838. The summed E-state index contributed by atoms with van der Waals surface area (Å²) in [5, 5.41) is 8.58. The van der Waals surface area contributed by atoms with Crippen molar-refractivity contribution in [1.82, 2.24) is 4.98 Å². The van der Waals surface area contributed by atoms with Crippen LogP contribution in [0.3, 0.4) is 0 Å². The van der Waals surface area contributed by atoms with Crippen LogP contribution in [0.5, 0.6) is 0 Å². The van der Waals surface area contributed by atoms with Gasteiger partial charge in [0, 0.05) is 17.8 Å². The van der Waals surface area contributed by atoms with Crippen LogP contribution in [0.15, 0.2) is 54.7 Å². The van der Waals surface area contributed by atoms with Gasteiger partial charge in [0.2, 0.25) is 0 Å². The molecule has 1 N–H and O–H groups in total. The highest BCUT2D eigenvalue weighted by Crippen LogP contribution is 2.38. The lowest BCUT2D eigenvalue weighted by atomic mass is 9.77. The molecule has 1 fully saturated rings. The van der Waals surface area contributed by atoms with E-state index in [1.807, 2.05) is 0 Å². The summed E-state index contributed by atoms with van der Waals surface area (Å²) >= 11 is 0. The van der Waals surface area contributed by atoms with Crippen LogP contribution in [-0.4, -0.2) is 16.1 Å². The number of carbonyl (C=O) groups is 1. The first-order valence-corrected chi connectivity index (χ1v) is 15.1. The Labute approximate surface area is 225 Å². The van der Waals surface area contributed by atoms with Gasteiger partial charge < -0.3 is 5.11 Å². The number of carboxylic acids is 1. The molecule has 37 heavy (non-hydrogen) atoms. The van der Waals surface area contributed by atoms with Crippen LogP contribution in [0.4, 0.5) is 0 Å². The van der Waals surface area contributed by atoms with E-state index in [2.05, 4.69) is 49.5 Å². The summed E-state index contributed by atoms with van der Waals surface area (Å²) < 4.78 is 0. The number of aliphatic carboxylic acids is 1. The molecule has 1 saturated carbocycles. The zero-order chi connectivity index (χ0) is 26.1. The summed E-state index contributed by atoms with van der Waals surface area (Å²) in [7, 11) is 0. The van der Waals surface area contributed by atoms with Crippen molar-refractivity contribution in [3.8, 4) is 11.3 Å². The van der Waals surface area contributed by atoms with Gasteiger partial charge in [-0.2, -0.15) is 0 Å². The van der Waals surface area contributed by atoms with Crippen molar-refractivity contribution in [2.75, 3.05) is 0 Å². The minimum Gasteiger partial charge on any atom is -0.478 e. The van der Waals surface area contributed by atoms with Crippen molar-refractivity contribution in [1.29, 1.82) is 0 Å². The molecule has 1 heterocycles. The predicted molar refractivity (Wildman–Crippen MR) is 156 cm³/mol. The largest absolute Gasteiger partial charge is 0.478 e. The monoisotopic (exact) mass is 503 g/mol. The molecule has 1 aromatic carbocycles. The van der Waals surface area contributed by atoms with Crippen molar-refractivity contribution < 1.29 is 9.90 Å². The Kier molecular flexibility index (Phi) is 13.5. The van der Waals surface area contributed by atoms with E-state index in [-0.39, 0.29) is 0 Å². The first kappa shape index (κ1) is 29.1. The van der Waals surface area contributed by atoms with E-state index in [4.69, 9.17) is 10.1 Å². The molecule has 0 unspecified atom stereocenters. The highest BCUT2D eigenvalue weighted by atomic mass is 16.4. The Balaban J connectivity index is 1.27. The van der Waals surface area contributed by atoms with Crippen molar-refractivity contribution >= 4 is 5.97 Å². The molecule has 0 atom stereocenters. The van der Waals surface area contributed by atoms with E-state index >= 15 is 0 Å². The van der Waals surface area contributed by atoms with Crippen LogP contribution in [0.25, 0.3) is 11.3 Å². The third-order valence-electron chi connectivity index (χ3n) is 8.16. The van der Waals surface area contributed by atoms with Gasteiger partial charge in [-0.15, -0.1) is 0 Å². The maximum atomic E-state index is 10.4. The smallest absolute Gasteiger partial charge is 0.327 e. The summed E-state index contributed by atoms with van der Waals surface area (Å²) in [6.45, 7) is 2.25. The second kappa shape index (κ2) is 17.2. The van der Waals surface area contributed by atoms with Crippen LogP contribution < -0.4 is 0 Å². The second-order valence-electron chi connectivity index (χ2n) is 11.1. The van der Waals surface area contributed by atoms with Gasteiger partial charge in [-0.05, 0) is 80.4 Å². The molecule has 0 amide bonds. The molecule has 1 aromatic heterocycles. The molecule has 1 aliphatic carbocycles. The lowest BCUT2D eigenvalue weighted by Crippen LogP contribution is -2.13. The molecule has 0 aliphatic heterocycles. The van der Waals surface area contributed by atoms with E-state index < -0.39 is 5.97 Å². The number of rotatable bonds is 17. The topological polar surface area (TPSA) is 50.2 Å². The van der Waals surface area contributed by atoms with Gasteiger partial charge in [0.1, 0.15) is 0 Å². The molecular weight excluding hydrogens is 454 g/mol. The van der Waals surface area contributed by atoms with Crippen LogP contribution in [-0.2, 0) is 11.2 Å². The fourth-order valence-electron chi connectivity index (χ4n) is 5.80. The van der Waals surface area contributed by atoms with Crippen molar-refractivity contribution in [2.24, 2.45) is 5.92 Å². The molecule has 0 radical (unpaired) electrons. The number of aryl methyl sites for hydroxylation is 1. The van der Waals surface area contributed by atoms with Gasteiger partial charge in [-0.3, -0.25) is 4.98 Å². The van der Waals surface area contributed by atoms with Crippen molar-refractivity contribution in [3.05, 3.63) is 65.9 Å². The van der Waals surface area contributed by atoms with Gasteiger partial charge in [0.25, 0.3) is 0 Å². The summed E-state index contributed by atoms with van der Waals surface area (Å²) in [5.41, 5.74) is 5.18. The zero-order valence-corrected chi connectivity index (χ0v) is 23.2. The highest BCUT2D eigenvalue weighted by molar-refractivity contribution is 5.79. The van der Waals surface area contributed by atoms with E-state index in [0.29, 0.717) is 0 Å². The second-order valence-corrected chi connectivity index (χ2v) is 11.1. The van der Waals surface area contributed by atoms with Crippen LogP contribution in [0, 0.1) is 5.92 Å². The van der Waals surface area contributed by atoms with Gasteiger partial charge in [-0.1, -0.05) is 101 Å². The average Bonchev–Trinajstić information content (AvgIpc) is 2.92. The molecule has 0 saturated heterocycles. The number of hydrogen-bond donors (Lipinski definition) is 1. The van der Waals surface area contributed by atoms with Crippen molar-refractivity contribution in [3.63, 3.8) is 0 Å². The Morgan fingerprint density at radius 1 is 0.865 bits per heavy atom. The van der Waals surface area contributed by atoms with Crippen LogP contribution in [0.2, 0.25) is 0 Å². The van der Waals surface area contributed by atoms with E-state index in [1.54, 1.807) is 6.08 Å². The average molecular weight is 504 g/mol. The van der Waals surface area contributed by atoms with Gasteiger partial charge in [-0.25, -0.2) is 4.79 Å². The Morgan fingerprint density at radius 3 is 2.22 bits per heavy atom. The fraction of sp³-hybridized carbons (Fsp3) is 0.588. The maximum Gasteiger partial charge on any atom is 0.327 e. The number of benzene rings is 1. The maximum absolute atomic E-state index is 10.4. The Hall–Kier alpha value is -2.42. The number of nitrogens with zero attached hydrogens (tertiary/aromatic N) is 1. The number of aromatic nitrogens is 1. The molecule has 1 aliphatic rings. The third-order valence-corrected chi connectivity index (χ3v) is 8.16. The van der Waals surface area contributed by atoms with Gasteiger partial charge >= 0.3 is 5.97 Å². The number of unbranched alkanes of at least 4 members (excludes halogenated alkanes) is 9. The fourth-order valence-corrected chi connectivity index (χ4v) is 5.80. The predicted octanol–water partition coefficient (Wildman–Crippen LogP) is 9.91. The number of allylic oxidation sites excluding steroid dienone is 1. The zero-order valence-electron chi connectivity index (χ0n) is 23.2. The summed E-state index contributed by atoms with van der Waals surface area (Å²) in [6, 6.07) is 13.7. The van der Waals surface area contributed by atoms with E-state index in [0.717, 1.165) is 36.8 Å². The Morgan fingerprint density at radius 2 is 1.57 bits per heavy atom. The van der Waals surface area contributed by atoms with E-state index in [1.165, 1.54) is 113 Å². The summed E-state index contributed by atoms with van der Waals surface area (Å²) in [6.07, 6.45) is 26.8. The van der Waals surface area contributed by atoms with Gasteiger partial charge in [0.05, 0.1) is 5.69 Å². The van der Waals surface area contributed by atoms with E-state index in [9.17, 15) is 4.79 Å². The number of pyridine rings is 1. The Bertz CT molecular complexity index is 908.